The van der Waals surface area contributed by atoms with Crippen molar-refractivity contribution in [3.8, 4) is 17.2 Å². The first-order valence-corrected chi connectivity index (χ1v) is 10.4. The van der Waals surface area contributed by atoms with Crippen LogP contribution >= 0.6 is 11.8 Å². The SMILES string of the molecule is CN1CCc2nc(CSC(=O)NC(C)(C)C)c(C#N)c(-c3ccccc3)c2C1. The van der Waals surface area contributed by atoms with Crippen LogP contribution in [0.1, 0.15) is 43.3 Å². The maximum Gasteiger partial charge on any atom is 0.279 e. The van der Waals surface area contributed by atoms with Gasteiger partial charge in [-0.1, -0.05) is 42.1 Å². The third-order valence-electron chi connectivity index (χ3n) is 4.61. The second-order valence-electron chi connectivity index (χ2n) is 8.15. The van der Waals surface area contributed by atoms with Crippen LogP contribution in [0.2, 0.25) is 0 Å². The number of aromatic nitrogens is 1. The molecule has 3 rings (SSSR count). The number of nitrogens with zero attached hydrogens (tertiary/aromatic N) is 3. The smallest absolute Gasteiger partial charge is 0.279 e. The second-order valence-corrected chi connectivity index (χ2v) is 9.10. The van der Waals surface area contributed by atoms with Crippen LogP contribution in [0, 0.1) is 11.3 Å². The highest BCUT2D eigenvalue weighted by Gasteiger charge is 2.25. The van der Waals surface area contributed by atoms with E-state index in [0.29, 0.717) is 17.0 Å². The molecule has 2 heterocycles. The maximum atomic E-state index is 12.3. The Bertz CT molecular complexity index is 913. The molecular weight excluding hydrogens is 368 g/mol. The number of carbonyl (C=O) groups excluding carboxylic acids is 1. The van der Waals surface area contributed by atoms with E-state index in [1.807, 2.05) is 51.1 Å². The number of hydrogen-bond acceptors (Lipinski definition) is 5. The number of rotatable bonds is 3. The molecule has 146 valence electrons. The van der Waals surface area contributed by atoms with Gasteiger partial charge in [-0.2, -0.15) is 5.26 Å². The first-order chi connectivity index (χ1) is 13.3. The number of hydrogen-bond donors (Lipinski definition) is 1. The van der Waals surface area contributed by atoms with Gasteiger partial charge in [0.25, 0.3) is 5.24 Å². The van der Waals surface area contributed by atoms with E-state index in [1.165, 1.54) is 11.8 Å². The van der Waals surface area contributed by atoms with E-state index < -0.39 is 0 Å². The van der Waals surface area contributed by atoms with E-state index in [0.717, 1.165) is 41.9 Å². The zero-order chi connectivity index (χ0) is 20.3. The number of nitrogens with one attached hydrogen (secondary N) is 1. The summed E-state index contributed by atoms with van der Waals surface area (Å²) in [6.07, 6.45) is 0.850. The molecule has 2 aromatic rings. The summed E-state index contributed by atoms with van der Waals surface area (Å²) in [5.41, 5.74) is 5.15. The molecule has 1 aromatic heterocycles. The first kappa shape index (κ1) is 20.4. The highest BCUT2D eigenvalue weighted by atomic mass is 32.2. The molecule has 5 nitrogen and oxygen atoms in total. The van der Waals surface area contributed by atoms with Gasteiger partial charge in [0.1, 0.15) is 6.07 Å². The van der Waals surface area contributed by atoms with Crippen LogP contribution in [-0.4, -0.2) is 34.3 Å². The number of likely N-dealkylation sites (N-methyl/N-ethyl adjacent to an activating group) is 1. The summed E-state index contributed by atoms with van der Waals surface area (Å²) in [4.78, 5) is 19.3. The number of pyridine rings is 1. The summed E-state index contributed by atoms with van der Waals surface area (Å²) in [5.74, 6) is 0.383. The molecule has 0 bridgehead atoms. The van der Waals surface area contributed by atoms with Gasteiger partial charge in [0, 0.05) is 42.1 Å². The quantitative estimate of drug-likeness (QED) is 0.838. The average Bonchev–Trinajstić information content (AvgIpc) is 2.64. The molecular formula is C22H26N4OS. The van der Waals surface area contributed by atoms with E-state index in [2.05, 4.69) is 23.3 Å². The highest BCUT2D eigenvalue weighted by molar-refractivity contribution is 8.12. The second kappa shape index (κ2) is 8.34. The molecule has 0 spiro atoms. The predicted octanol–water partition coefficient (Wildman–Crippen LogP) is 4.35. The first-order valence-electron chi connectivity index (χ1n) is 9.42. The van der Waals surface area contributed by atoms with Crippen molar-refractivity contribution in [2.24, 2.45) is 0 Å². The van der Waals surface area contributed by atoms with Gasteiger partial charge in [-0.05, 0) is 38.9 Å². The fraction of sp³-hybridized carbons (Fsp3) is 0.409. The number of benzene rings is 1. The van der Waals surface area contributed by atoms with Crippen molar-refractivity contribution in [1.29, 1.82) is 5.26 Å². The Balaban J connectivity index is 2.02. The minimum absolute atomic E-state index is 0.100. The van der Waals surface area contributed by atoms with E-state index in [-0.39, 0.29) is 10.8 Å². The van der Waals surface area contributed by atoms with Gasteiger partial charge in [-0.25, -0.2) is 0 Å². The van der Waals surface area contributed by atoms with Crippen molar-refractivity contribution < 1.29 is 4.79 Å². The number of thioether (sulfide) groups is 1. The van der Waals surface area contributed by atoms with E-state index in [9.17, 15) is 10.1 Å². The zero-order valence-electron chi connectivity index (χ0n) is 16.9. The van der Waals surface area contributed by atoms with Gasteiger partial charge in [-0.3, -0.25) is 9.78 Å². The molecule has 0 fully saturated rings. The van der Waals surface area contributed by atoms with E-state index in [1.54, 1.807) is 0 Å². The van der Waals surface area contributed by atoms with Crippen LogP contribution in [-0.2, 0) is 18.7 Å². The minimum atomic E-state index is -0.287. The lowest BCUT2D eigenvalue weighted by atomic mass is 9.90. The molecule has 0 aliphatic carbocycles. The maximum absolute atomic E-state index is 12.3. The third-order valence-corrected chi connectivity index (χ3v) is 5.39. The lowest BCUT2D eigenvalue weighted by molar-refractivity contribution is 0.253. The largest absolute Gasteiger partial charge is 0.342 e. The normalized spacial score (nSPS) is 14.2. The molecule has 0 radical (unpaired) electrons. The Morgan fingerprint density at radius 3 is 2.68 bits per heavy atom. The van der Waals surface area contributed by atoms with Gasteiger partial charge in [0.15, 0.2) is 0 Å². The third kappa shape index (κ3) is 4.73. The Labute approximate surface area is 171 Å². The standard InChI is InChI=1S/C22H26N4OS/c1-22(2,3)25-21(27)28-14-19-16(12-23)20(15-8-6-5-7-9-15)17-13-26(4)11-10-18(17)24-19/h5-9H,10-11,13-14H2,1-4H3,(H,25,27). The van der Waals surface area contributed by atoms with Crippen LogP contribution in [0.3, 0.4) is 0 Å². The zero-order valence-corrected chi connectivity index (χ0v) is 17.7. The van der Waals surface area contributed by atoms with Crippen molar-refractivity contribution >= 4 is 17.0 Å². The topological polar surface area (TPSA) is 69.0 Å². The van der Waals surface area contributed by atoms with Gasteiger partial charge in [-0.15, -0.1) is 0 Å². The Hall–Kier alpha value is -2.36. The summed E-state index contributed by atoms with van der Waals surface area (Å²) in [6, 6.07) is 12.4. The summed E-state index contributed by atoms with van der Waals surface area (Å²) in [7, 11) is 2.09. The van der Waals surface area contributed by atoms with Gasteiger partial charge in [0.05, 0.1) is 11.3 Å². The molecule has 0 saturated heterocycles. The molecule has 6 heteroatoms. The van der Waals surface area contributed by atoms with Crippen LogP contribution in [0.4, 0.5) is 4.79 Å². The summed E-state index contributed by atoms with van der Waals surface area (Å²) < 4.78 is 0. The summed E-state index contributed by atoms with van der Waals surface area (Å²) in [6.45, 7) is 7.57. The number of carbonyl (C=O) groups is 1. The number of amides is 1. The highest BCUT2D eigenvalue weighted by Crippen LogP contribution is 2.35. The summed E-state index contributed by atoms with van der Waals surface area (Å²) >= 11 is 1.17. The monoisotopic (exact) mass is 394 g/mol. The van der Waals surface area contributed by atoms with E-state index >= 15 is 0 Å². The minimum Gasteiger partial charge on any atom is -0.342 e. The lowest BCUT2D eigenvalue weighted by Crippen LogP contribution is -2.38. The summed E-state index contributed by atoms with van der Waals surface area (Å²) in [5, 5.41) is 12.8. The predicted molar refractivity (Wildman–Crippen MR) is 114 cm³/mol. The van der Waals surface area contributed by atoms with Gasteiger partial charge in [0.2, 0.25) is 0 Å². The van der Waals surface area contributed by atoms with Crippen molar-refractivity contribution in [3.05, 3.63) is 52.8 Å². The molecule has 0 unspecified atom stereocenters. The Morgan fingerprint density at radius 1 is 1.32 bits per heavy atom. The number of fused-ring (bicyclic) bond motifs is 1. The molecule has 0 atom stereocenters. The van der Waals surface area contributed by atoms with Gasteiger partial charge >= 0.3 is 0 Å². The Morgan fingerprint density at radius 2 is 2.04 bits per heavy atom. The molecule has 1 aliphatic rings. The fourth-order valence-corrected chi connectivity index (χ4v) is 4.23. The van der Waals surface area contributed by atoms with Crippen LogP contribution in [0.15, 0.2) is 30.3 Å². The molecule has 1 aliphatic heterocycles. The molecule has 1 aromatic carbocycles. The average molecular weight is 395 g/mol. The van der Waals surface area contributed by atoms with Gasteiger partial charge < -0.3 is 10.2 Å². The van der Waals surface area contributed by atoms with Crippen molar-refractivity contribution in [3.63, 3.8) is 0 Å². The molecule has 0 saturated carbocycles. The van der Waals surface area contributed by atoms with Crippen molar-refractivity contribution in [2.45, 2.75) is 45.0 Å². The van der Waals surface area contributed by atoms with E-state index in [4.69, 9.17) is 4.98 Å². The molecule has 1 N–H and O–H groups in total. The van der Waals surface area contributed by atoms with Crippen molar-refractivity contribution in [2.75, 3.05) is 13.6 Å². The van der Waals surface area contributed by atoms with Crippen molar-refractivity contribution in [1.82, 2.24) is 15.2 Å². The lowest BCUT2D eigenvalue weighted by Gasteiger charge is -2.28. The van der Waals surface area contributed by atoms with Crippen LogP contribution in [0.25, 0.3) is 11.1 Å². The van der Waals surface area contributed by atoms with Crippen LogP contribution in [0.5, 0.6) is 0 Å². The number of nitriles is 1. The molecule has 28 heavy (non-hydrogen) atoms. The molecule has 1 amide bonds. The fourth-order valence-electron chi connectivity index (χ4n) is 3.37. The Kier molecular flexibility index (Phi) is 6.07. The van der Waals surface area contributed by atoms with Crippen LogP contribution < -0.4 is 5.32 Å².